The molecule has 4 aliphatic heterocycles. The number of rotatable bonds is 4. The maximum atomic E-state index is 12.8. The Hall–Kier alpha value is -2.70. The minimum atomic E-state index is -0.599. The molecule has 4 saturated heterocycles. The Morgan fingerprint density at radius 1 is 0.733 bits per heavy atom. The molecule has 8 atom stereocenters. The highest BCUT2D eigenvalue weighted by Crippen LogP contribution is 2.55. The van der Waals surface area contributed by atoms with Crippen molar-refractivity contribution in [3.8, 4) is 0 Å². The van der Waals surface area contributed by atoms with Crippen LogP contribution in [-0.4, -0.2) is 48.4 Å². The first-order valence-electron chi connectivity index (χ1n) is 10.6. The highest BCUT2D eigenvalue weighted by molar-refractivity contribution is 5.90. The van der Waals surface area contributed by atoms with Gasteiger partial charge in [-0.15, -0.1) is 0 Å². The molecule has 1 N–H and O–H groups in total. The van der Waals surface area contributed by atoms with Crippen molar-refractivity contribution in [3.05, 3.63) is 71.8 Å². The first kappa shape index (κ1) is 18.1. The summed E-state index contributed by atoms with van der Waals surface area (Å²) in [5.74, 6) is -0.224. The normalized spacial score (nSPS) is 37.7. The van der Waals surface area contributed by atoms with Crippen LogP contribution >= 0.6 is 0 Å². The average Bonchev–Trinajstić information content (AvgIpc) is 3.55. The molecule has 30 heavy (non-hydrogen) atoms. The summed E-state index contributed by atoms with van der Waals surface area (Å²) in [6.45, 7) is 0. The number of fused-ring (bicyclic) bond motifs is 9. The van der Waals surface area contributed by atoms with Gasteiger partial charge in [-0.05, 0) is 37.1 Å². The standard InChI is InChI=1S/C24H23NO5/c26-23(13-7-3-1-4-8-13)29-21-19-17-15-11-12-16(25-15)18(17)20(28-19)22(21)30-24(27)14-9-5-2-6-10-14/h1-10,15-22,25H,11-12H2. The maximum Gasteiger partial charge on any atom is 0.338 e. The third-order valence-corrected chi connectivity index (χ3v) is 7.14. The molecule has 0 spiro atoms. The van der Waals surface area contributed by atoms with Crippen LogP contribution in [0.5, 0.6) is 0 Å². The summed E-state index contributed by atoms with van der Waals surface area (Å²) >= 11 is 0. The molecule has 0 aliphatic carbocycles. The SMILES string of the molecule is O=C(OC1C(OC(=O)c2ccccc2)C2OC1C1C3CCC(N3)C21)c1ccccc1. The quantitative estimate of drug-likeness (QED) is 0.789. The van der Waals surface area contributed by atoms with Gasteiger partial charge in [-0.3, -0.25) is 0 Å². The van der Waals surface area contributed by atoms with Gasteiger partial charge in [-0.25, -0.2) is 9.59 Å². The first-order chi connectivity index (χ1) is 14.7. The average molecular weight is 405 g/mol. The molecule has 6 nitrogen and oxygen atoms in total. The van der Waals surface area contributed by atoms with Gasteiger partial charge < -0.3 is 19.5 Å². The predicted octanol–water partition coefficient (Wildman–Crippen LogP) is 2.59. The maximum absolute atomic E-state index is 12.8. The minimum Gasteiger partial charge on any atom is -0.452 e. The Bertz CT molecular complexity index is 887. The van der Waals surface area contributed by atoms with Crippen molar-refractivity contribution in [3.63, 3.8) is 0 Å². The Morgan fingerprint density at radius 2 is 1.17 bits per heavy atom. The lowest BCUT2D eigenvalue weighted by Gasteiger charge is -2.38. The third kappa shape index (κ3) is 2.71. The summed E-state index contributed by atoms with van der Waals surface area (Å²) < 4.78 is 18.2. The van der Waals surface area contributed by atoms with Crippen molar-refractivity contribution in [2.45, 2.75) is 49.3 Å². The summed E-state index contributed by atoms with van der Waals surface area (Å²) in [4.78, 5) is 25.6. The summed E-state index contributed by atoms with van der Waals surface area (Å²) in [7, 11) is 0. The first-order valence-corrected chi connectivity index (χ1v) is 10.6. The largest absolute Gasteiger partial charge is 0.452 e. The third-order valence-electron chi connectivity index (χ3n) is 7.14. The topological polar surface area (TPSA) is 73.9 Å². The van der Waals surface area contributed by atoms with E-state index in [1.54, 1.807) is 48.5 Å². The zero-order chi connectivity index (χ0) is 20.2. The lowest BCUT2D eigenvalue weighted by Crippen LogP contribution is -2.53. The monoisotopic (exact) mass is 405 g/mol. The van der Waals surface area contributed by atoms with Gasteiger partial charge in [0.15, 0.2) is 12.2 Å². The highest BCUT2D eigenvalue weighted by atomic mass is 16.6. The molecule has 0 radical (unpaired) electrons. The predicted molar refractivity (Wildman–Crippen MR) is 107 cm³/mol. The molecule has 0 amide bonds. The second-order valence-corrected chi connectivity index (χ2v) is 8.65. The van der Waals surface area contributed by atoms with Crippen LogP contribution in [0.2, 0.25) is 0 Å². The Labute approximate surface area is 174 Å². The number of ether oxygens (including phenoxy) is 3. The number of nitrogens with one attached hydrogen (secondary N) is 1. The minimum absolute atomic E-state index is 0.246. The van der Waals surface area contributed by atoms with Crippen LogP contribution in [0.1, 0.15) is 33.6 Å². The fourth-order valence-corrected chi connectivity index (χ4v) is 5.97. The van der Waals surface area contributed by atoms with Gasteiger partial charge in [0.2, 0.25) is 0 Å². The van der Waals surface area contributed by atoms with Crippen molar-refractivity contribution in [1.82, 2.24) is 5.32 Å². The zero-order valence-electron chi connectivity index (χ0n) is 16.3. The van der Waals surface area contributed by atoms with Gasteiger partial charge in [-0.2, -0.15) is 0 Å². The van der Waals surface area contributed by atoms with Crippen molar-refractivity contribution >= 4 is 11.9 Å². The van der Waals surface area contributed by atoms with Gasteiger partial charge in [-0.1, -0.05) is 36.4 Å². The van der Waals surface area contributed by atoms with Crippen LogP contribution in [0.3, 0.4) is 0 Å². The summed E-state index contributed by atoms with van der Waals surface area (Å²) in [6, 6.07) is 18.6. The molecule has 0 aromatic heterocycles. The van der Waals surface area contributed by atoms with Crippen LogP contribution in [0.15, 0.2) is 60.7 Å². The lowest BCUT2D eigenvalue weighted by molar-refractivity contribution is -0.0583. The summed E-state index contributed by atoms with van der Waals surface area (Å²) in [5.41, 5.74) is 0.965. The van der Waals surface area contributed by atoms with E-state index in [9.17, 15) is 9.59 Å². The molecule has 2 aromatic rings. The molecule has 4 aliphatic rings. The van der Waals surface area contributed by atoms with Crippen LogP contribution in [-0.2, 0) is 14.2 Å². The Kier molecular flexibility index (Phi) is 4.18. The Morgan fingerprint density at radius 3 is 1.60 bits per heavy atom. The van der Waals surface area contributed by atoms with Gasteiger partial charge in [0.05, 0.1) is 11.1 Å². The molecular weight excluding hydrogens is 382 g/mol. The van der Waals surface area contributed by atoms with Crippen LogP contribution in [0.4, 0.5) is 0 Å². The van der Waals surface area contributed by atoms with Crippen LogP contribution < -0.4 is 5.32 Å². The smallest absolute Gasteiger partial charge is 0.338 e. The van der Waals surface area contributed by atoms with Crippen LogP contribution in [0, 0.1) is 11.8 Å². The van der Waals surface area contributed by atoms with E-state index in [0.717, 1.165) is 12.8 Å². The van der Waals surface area contributed by atoms with E-state index in [1.165, 1.54) is 0 Å². The van der Waals surface area contributed by atoms with Gasteiger partial charge in [0.25, 0.3) is 0 Å². The van der Waals surface area contributed by atoms with Gasteiger partial charge in [0.1, 0.15) is 12.2 Å². The second kappa shape index (κ2) is 6.93. The number of hydrogen-bond acceptors (Lipinski definition) is 6. The number of benzene rings is 2. The van der Waals surface area contributed by atoms with Crippen LogP contribution in [0.25, 0.3) is 0 Å². The lowest BCUT2D eigenvalue weighted by atomic mass is 9.69. The van der Waals surface area contributed by atoms with Crippen molar-refractivity contribution in [2.75, 3.05) is 0 Å². The van der Waals surface area contributed by atoms with Crippen molar-refractivity contribution in [2.24, 2.45) is 11.8 Å². The molecule has 0 saturated carbocycles. The number of hydrogen-bond donors (Lipinski definition) is 1. The fraction of sp³-hybridized carbons (Fsp3) is 0.417. The highest BCUT2D eigenvalue weighted by Gasteiger charge is 2.69. The van der Waals surface area contributed by atoms with Crippen molar-refractivity contribution < 1.29 is 23.8 Å². The van der Waals surface area contributed by atoms with E-state index in [2.05, 4.69) is 5.32 Å². The van der Waals surface area contributed by atoms with Gasteiger partial charge in [0, 0.05) is 23.9 Å². The molecule has 4 fully saturated rings. The molecule has 4 bridgehead atoms. The van der Waals surface area contributed by atoms with E-state index in [4.69, 9.17) is 14.2 Å². The van der Waals surface area contributed by atoms with E-state index in [1.807, 2.05) is 12.1 Å². The van der Waals surface area contributed by atoms with E-state index >= 15 is 0 Å². The van der Waals surface area contributed by atoms with Gasteiger partial charge >= 0.3 is 11.9 Å². The molecule has 8 unspecified atom stereocenters. The summed E-state index contributed by atoms with van der Waals surface area (Å²) in [6.07, 6.45) is 0.543. The summed E-state index contributed by atoms with van der Waals surface area (Å²) in [5, 5.41) is 3.68. The molecule has 6 heteroatoms. The molecular formula is C24H23NO5. The molecule has 154 valence electrons. The molecule has 4 heterocycles. The molecule has 2 aromatic carbocycles. The fourth-order valence-electron chi connectivity index (χ4n) is 5.97. The second-order valence-electron chi connectivity index (χ2n) is 8.65. The number of carbonyl (C=O) groups is 2. The van der Waals surface area contributed by atoms with E-state index in [0.29, 0.717) is 35.0 Å². The Balaban J connectivity index is 1.28. The molecule has 6 rings (SSSR count). The number of esters is 2. The van der Waals surface area contributed by atoms with E-state index < -0.39 is 24.1 Å². The zero-order valence-corrected chi connectivity index (χ0v) is 16.3. The van der Waals surface area contributed by atoms with Crippen molar-refractivity contribution in [1.29, 1.82) is 0 Å². The number of carbonyl (C=O) groups excluding carboxylic acids is 2. The van der Waals surface area contributed by atoms with E-state index in [-0.39, 0.29) is 12.2 Å².